The van der Waals surface area contributed by atoms with Crippen molar-refractivity contribution in [1.82, 2.24) is 9.97 Å². The molecule has 0 saturated carbocycles. The van der Waals surface area contributed by atoms with Crippen LogP contribution in [-0.4, -0.2) is 36.0 Å². The number of hydrogen-bond acceptors (Lipinski definition) is 5. The lowest BCUT2D eigenvalue weighted by molar-refractivity contribution is -0.137. The zero-order valence-electron chi connectivity index (χ0n) is 18.5. The standard InChI is InChI=1S/C25H23F4N3O2/c1-2-34-23-19(4-3-11-30-23)21-7-5-18(15-31-21)24(16-33)9-12-32(13-10-24)22-8-6-17(14-20(22)26)25(27,28)29/h3-8,11,14-16H,2,9-10,12-13H2,1H3. The number of aromatic nitrogens is 2. The molecule has 1 saturated heterocycles. The van der Waals surface area contributed by atoms with Crippen molar-refractivity contribution in [3.63, 3.8) is 0 Å². The number of nitrogens with zero attached hydrogens (tertiary/aromatic N) is 3. The number of halogens is 4. The van der Waals surface area contributed by atoms with Gasteiger partial charge in [0.05, 0.1) is 34.5 Å². The molecule has 0 radical (unpaired) electrons. The summed E-state index contributed by atoms with van der Waals surface area (Å²) in [6.07, 6.45) is 0.342. The monoisotopic (exact) mass is 473 g/mol. The Morgan fingerprint density at radius 1 is 1.12 bits per heavy atom. The zero-order chi connectivity index (χ0) is 24.3. The number of piperidine rings is 1. The second-order valence-electron chi connectivity index (χ2n) is 8.15. The van der Waals surface area contributed by atoms with Gasteiger partial charge >= 0.3 is 6.18 Å². The van der Waals surface area contributed by atoms with E-state index in [-0.39, 0.29) is 5.69 Å². The van der Waals surface area contributed by atoms with Crippen LogP contribution in [-0.2, 0) is 16.4 Å². The van der Waals surface area contributed by atoms with Gasteiger partial charge in [-0.15, -0.1) is 0 Å². The molecule has 3 heterocycles. The average Bonchev–Trinajstić information content (AvgIpc) is 2.84. The molecule has 1 aromatic carbocycles. The van der Waals surface area contributed by atoms with E-state index < -0.39 is 23.0 Å². The molecule has 0 amide bonds. The first-order valence-corrected chi connectivity index (χ1v) is 10.9. The van der Waals surface area contributed by atoms with Crippen LogP contribution in [0.1, 0.15) is 30.9 Å². The van der Waals surface area contributed by atoms with Crippen molar-refractivity contribution >= 4 is 12.0 Å². The third-order valence-corrected chi connectivity index (χ3v) is 6.16. The fourth-order valence-corrected chi connectivity index (χ4v) is 4.25. The van der Waals surface area contributed by atoms with E-state index in [1.807, 2.05) is 25.1 Å². The first kappa shape index (κ1) is 23.7. The molecule has 178 valence electrons. The highest BCUT2D eigenvalue weighted by Gasteiger charge is 2.38. The van der Waals surface area contributed by atoms with Crippen LogP contribution in [0.4, 0.5) is 23.2 Å². The van der Waals surface area contributed by atoms with Gasteiger partial charge in [0.15, 0.2) is 0 Å². The van der Waals surface area contributed by atoms with E-state index in [1.54, 1.807) is 23.4 Å². The Labute approximate surface area is 194 Å². The highest BCUT2D eigenvalue weighted by Crippen LogP contribution is 2.38. The van der Waals surface area contributed by atoms with Gasteiger partial charge in [0, 0.05) is 25.5 Å². The topological polar surface area (TPSA) is 55.3 Å². The van der Waals surface area contributed by atoms with Crippen molar-refractivity contribution in [3.05, 3.63) is 71.8 Å². The number of anilines is 1. The number of benzene rings is 1. The van der Waals surface area contributed by atoms with Crippen LogP contribution in [0.5, 0.6) is 5.88 Å². The molecular formula is C25H23F4N3O2. The van der Waals surface area contributed by atoms with E-state index in [0.717, 1.165) is 29.5 Å². The van der Waals surface area contributed by atoms with Crippen molar-refractivity contribution in [1.29, 1.82) is 0 Å². The van der Waals surface area contributed by atoms with Crippen molar-refractivity contribution in [2.45, 2.75) is 31.4 Å². The van der Waals surface area contributed by atoms with Crippen LogP contribution in [0.3, 0.4) is 0 Å². The maximum absolute atomic E-state index is 14.4. The molecule has 3 aromatic rings. The zero-order valence-corrected chi connectivity index (χ0v) is 18.5. The summed E-state index contributed by atoms with van der Waals surface area (Å²) < 4.78 is 58.5. The number of aldehydes is 1. The summed E-state index contributed by atoms with van der Waals surface area (Å²) in [5, 5.41) is 0. The van der Waals surface area contributed by atoms with Crippen LogP contribution in [0.15, 0.2) is 54.9 Å². The predicted octanol–water partition coefficient (Wildman–Crippen LogP) is 5.44. The minimum Gasteiger partial charge on any atom is -0.477 e. The summed E-state index contributed by atoms with van der Waals surface area (Å²) in [5.41, 5.74) is 0.401. The number of carbonyl (C=O) groups excluding carboxylic acids is 1. The van der Waals surface area contributed by atoms with E-state index in [1.165, 1.54) is 0 Å². The van der Waals surface area contributed by atoms with Gasteiger partial charge in [-0.1, -0.05) is 6.07 Å². The largest absolute Gasteiger partial charge is 0.477 e. The Kier molecular flexibility index (Phi) is 6.54. The van der Waals surface area contributed by atoms with Gasteiger partial charge in [-0.25, -0.2) is 9.37 Å². The molecule has 0 aliphatic carbocycles. The summed E-state index contributed by atoms with van der Waals surface area (Å²) >= 11 is 0. The predicted molar refractivity (Wildman–Crippen MR) is 119 cm³/mol. The average molecular weight is 473 g/mol. The van der Waals surface area contributed by atoms with Gasteiger partial charge in [-0.3, -0.25) is 4.98 Å². The van der Waals surface area contributed by atoms with E-state index in [0.29, 0.717) is 50.2 Å². The molecule has 1 aliphatic rings. The fraction of sp³-hybridized carbons (Fsp3) is 0.320. The fourth-order valence-electron chi connectivity index (χ4n) is 4.25. The number of hydrogen-bond donors (Lipinski definition) is 0. The number of alkyl halides is 3. The van der Waals surface area contributed by atoms with E-state index in [4.69, 9.17) is 4.74 Å². The highest BCUT2D eigenvalue weighted by atomic mass is 19.4. The lowest BCUT2D eigenvalue weighted by atomic mass is 9.74. The number of rotatable bonds is 6. The van der Waals surface area contributed by atoms with Crippen LogP contribution >= 0.6 is 0 Å². The molecule has 2 aromatic heterocycles. The smallest absolute Gasteiger partial charge is 0.416 e. The van der Waals surface area contributed by atoms with Crippen molar-refractivity contribution < 1.29 is 27.1 Å². The van der Waals surface area contributed by atoms with Gasteiger partial charge in [0.1, 0.15) is 12.1 Å². The normalized spacial score (nSPS) is 15.7. The second-order valence-corrected chi connectivity index (χ2v) is 8.15. The number of carbonyl (C=O) groups is 1. The third kappa shape index (κ3) is 4.60. The van der Waals surface area contributed by atoms with Gasteiger partial charge in [0.25, 0.3) is 0 Å². The molecule has 34 heavy (non-hydrogen) atoms. The third-order valence-electron chi connectivity index (χ3n) is 6.16. The minimum absolute atomic E-state index is 0.0982. The van der Waals surface area contributed by atoms with Crippen molar-refractivity contribution in [2.24, 2.45) is 0 Å². The first-order valence-electron chi connectivity index (χ1n) is 10.9. The Morgan fingerprint density at radius 2 is 1.88 bits per heavy atom. The number of pyridine rings is 2. The Bertz CT molecular complexity index is 1160. The quantitative estimate of drug-likeness (QED) is 0.353. The van der Waals surface area contributed by atoms with Gasteiger partial charge < -0.3 is 14.4 Å². The maximum Gasteiger partial charge on any atom is 0.416 e. The van der Waals surface area contributed by atoms with Gasteiger partial charge in [-0.2, -0.15) is 13.2 Å². The van der Waals surface area contributed by atoms with Gasteiger partial charge in [-0.05, 0) is 61.7 Å². The molecule has 0 atom stereocenters. The maximum atomic E-state index is 14.4. The van der Waals surface area contributed by atoms with Crippen LogP contribution in [0.25, 0.3) is 11.3 Å². The SMILES string of the molecule is CCOc1ncccc1-c1ccc(C2(C=O)CCN(c3ccc(C(F)(F)F)cc3F)CC2)cn1. The molecule has 0 spiro atoms. The number of ether oxygens (including phenoxy) is 1. The lowest BCUT2D eigenvalue weighted by Crippen LogP contribution is -2.44. The molecule has 1 fully saturated rings. The van der Waals surface area contributed by atoms with Crippen LogP contribution in [0, 0.1) is 5.82 Å². The summed E-state index contributed by atoms with van der Waals surface area (Å²) in [5.74, 6) is -0.455. The Morgan fingerprint density at radius 3 is 2.47 bits per heavy atom. The molecular weight excluding hydrogens is 450 g/mol. The Balaban J connectivity index is 1.52. The molecule has 1 aliphatic heterocycles. The first-order chi connectivity index (χ1) is 16.3. The second kappa shape index (κ2) is 9.40. The summed E-state index contributed by atoms with van der Waals surface area (Å²) in [6, 6.07) is 9.82. The lowest BCUT2D eigenvalue weighted by Gasteiger charge is -2.39. The van der Waals surface area contributed by atoms with Crippen LogP contribution < -0.4 is 9.64 Å². The van der Waals surface area contributed by atoms with Crippen molar-refractivity contribution in [3.8, 4) is 17.1 Å². The summed E-state index contributed by atoms with van der Waals surface area (Å²) in [4.78, 5) is 22.6. The molecule has 5 nitrogen and oxygen atoms in total. The molecule has 4 rings (SSSR count). The minimum atomic E-state index is -4.60. The summed E-state index contributed by atoms with van der Waals surface area (Å²) in [6.45, 7) is 2.97. The highest BCUT2D eigenvalue weighted by molar-refractivity contribution is 5.71. The van der Waals surface area contributed by atoms with Gasteiger partial charge in [0.2, 0.25) is 5.88 Å². The molecule has 9 heteroatoms. The molecule has 0 bridgehead atoms. The molecule has 0 unspecified atom stereocenters. The van der Waals surface area contributed by atoms with Crippen molar-refractivity contribution in [2.75, 3.05) is 24.6 Å². The van der Waals surface area contributed by atoms with E-state index >= 15 is 0 Å². The van der Waals surface area contributed by atoms with Crippen LogP contribution in [0.2, 0.25) is 0 Å². The van der Waals surface area contributed by atoms with E-state index in [2.05, 4.69) is 9.97 Å². The summed E-state index contributed by atoms with van der Waals surface area (Å²) in [7, 11) is 0. The van der Waals surface area contributed by atoms with E-state index in [9.17, 15) is 22.4 Å². The molecule has 0 N–H and O–H groups in total. The Hall–Kier alpha value is -3.49.